The maximum absolute atomic E-state index is 12.2. The molecular formula is C17H15NO5. The molecule has 1 aromatic carbocycles. The number of carbonyl (C=O) groups is 3. The molecule has 1 aliphatic heterocycles. The van der Waals surface area contributed by atoms with Crippen molar-refractivity contribution in [3.63, 3.8) is 0 Å². The van der Waals surface area contributed by atoms with E-state index in [4.69, 9.17) is 9.15 Å². The Morgan fingerprint density at radius 1 is 1.13 bits per heavy atom. The average Bonchev–Trinajstić information content (AvgIpc) is 2.99. The molecule has 2 heterocycles. The highest BCUT2D eigenvalue weighted by Gasteiger charge is 2.34. The number of rotatable bonds is 4. The van der Waals surface area contributed by atoms with E-state index in [0.29, 0.717) is 28.2 Å². The minimum atomic E-state index is -0.532. The van der Waals surface area contributed by atoms with Gasteiger partial charge in [-0.3, -0.25) is 14.5 Å². The van der Waals surface area contributed by atoms with Gasteiger partial charge in [0.25, 0.3) is 11.8 Å². The van der Waals surface area contributed by atoms with Crippen LogP contribution in [0.5, 0.6) is 0 Å². The van der Waals surface area contributed by atoms with Crippen LogP contribution in [0.1, 0.15) is 42.6 Å². The number of carbonyl (C=O) groups excluding carboxylic acids is 3. The van der Waals surface area contributed by atoms with Gasteiger partial charge in [-0.15, -0.1) is 0 Å². The SMILES string of the molecule is Cc1cc(C(=O)OCCN2C(=O)c3ccccc3C2=O)c(C)o1. The quantitative estimate of drug-likeness (QED) is 0.639. The van der Waals surface area contributed by atoms with E-state index < -0.39 is 5.97 Å². The van der Waals surface area contributed by atoms with Crippen molar-refractivity contribution >= 4 is 17.8 Å². The predicted octanol–water partition coefficient (Wildman–Crippen LogP) is 2.35. The molecule has 1 aliphatic rings. The first kappa shape index (κ1) is 15.0. The third-order valence-corrected chi connectivity index (χ3v) is 3.69. The van der Waals surface area contributed by atoms with Gasteiger partial charge in [-0.25, -0.2) is 4.79 Å². The van der Waals surface area contributed by atoms with Gasteiger partial charge >= 0.3 is 5.97 Å². The number of hydrogen-bond acceptors (Lipinski definition) is 5. The van der Waals surface area contributed by atoms with E-state index in [-0.39, 0.29) is 25.0 Å². The smallest absolute Gasteiger partial charge is 0.341 e. The lowest BCUT2D eigenvalue weighted by Gasteiger charge is -2.13. The van der Waals surface area contributed by atoms with E-state index in [9.17, 15) is 14.4 Å². The lowest BCUT2D eigenvalue weighted by Crippen LogP contribution is -2.33. The lowest BCUT2D eigenvalue weighted by atomic mass is 10.1. The molecule has 2 aromatic rings. The van der Waals surface area contributed by atoms with Gasteiger partial charge in [0.2, 0.25) is 0 Å². The molecule has 0 spiro atoms. The van der Waals surface area contributed by atoms with Crippen molar-refractivity contribution in [2.24, 2.45) is 0 Å². The number of aryl methyl sites for hydroxylation is 2. The van der Waals surface area contributed by atoms with Crippen LogP contribution in [0.3, 0.4) is 0 Å². The summed E-state index contributed by atoms with van der Waals surface area (Å²) in [6.45, 7) is 3.37. The van der Waals surface area contributed by atoms with Crippen molar-refractivity contribution in [2.45, 2.75) is 13.8 Å². The highest BCUT2D eigenvalue weighted by Crippen LogP contribution is 2.22. The van der Waals surface area contributed by atoms with Crippen molar-refractivity contribution in [1.29, 1.82) is 0 Å². The van der Waals surface area contributed by atoms with Gasteiger partial charge in [0, 0.05) is 0 Å². The Morgan fingerprint density at radius 2 is 1.74 bits per heavy atom. The summed E-state index contributed by atoms with van der Waals surface area (Å²) in [5.41, 5.74) is 1.11. The third kappa shape index (κ3) is 2.63. The molecule has 118 valence electrons. The molecule has 0 unspecified atom stereocenters. The van der Waals surface area contributed by atoms with Crippen LogP contribution < -0.4 is 0 Å². The highest BCUT2D eigenvalue weighted by molar-refractivity contribution is 6.21. The molecule has 23 heavy (non-hydrogen) atoms. The second-order valence-corrected chi connectivity index (χ2v) is 5.27. The number of fused-ring (bicyclic) bond motifs is 1. The maximum atomic E-state index is 12.2. The Balaban J connectivity index is 1.62. The highest BCUT2D eigenvalue weighted by atomic mass is 16.5. The zero-order chi connectivity index (χ0) is 16.6. The van der Waals surface area contributed by atoms with Crippen molar-refractivity contribution in [3.8, 4) is 0 Å². The number of esters is 1. The largest absolute Gasteiger partial charge is 0.466 e. The van der Waals surface area contributed by atoms with Gasteiger partial charge in [0.15, 0.2) is 0 Å². The summed E-state index contributed by atoms with van der Waals surface area (Å²) in [5.74, 6) is -0.159. The Labute approximate surface area is 132 Å². The molecular weight excluding hydrogens is 298 g/mol. The number of hydrogen-bond donors (Lipinski definition) is 0. The van der Waals surface area contributed by atoms with Gasteiger partial charge in [0.1, 0.15) is 23.7 Å². The molecule has 0 bridgehead atoms. The lowest BCUT2D eigenvalue weighted by molar-refractivity contribution is 0.0419. The van der Waals surface area contributed by atoms with E-state index in [1.165, 1.54) is 0 Å². The van der Waals surface area contributed by atoms with Crippen LogP contribution in [0.15, 0.2) is 34.7 Å². The topological polar surface area (TPSA) is 76.8 Å². The molecule has 0 fully saturated rings. The second-order valence-electron chi connectivity index (χ2n) is 5.27. The molecule has 0 N–H and O–H groups in total. The molecule has 6 nitrogen and oxygen atoms in total. The van der Waals surface area contributed by atoms with Crippen LogP contribution in [-0.2, 0) is 4.74 Å². The standard InChI is InChI=1S/C17H15NO5/c1-10-9-14(11(2)23-10)17(21)22-8-7-18-15(19)12-5-3-4-6-13(12)16(18)20/h3-6,9H,7-8H2,1-2H3. The van der Waals surface area contributed by atoms with Crippen LogP contribution in [0.2, 0.25) is 0 Å². The van der Waals surface area contributed by atoms with Crippen LogP contribution in [-0.4, -0.2) is 35.8 Å². The van der Waals surface area contributed by atoms with Crippen molar-refractivity contribution in [3.05, 3.63) is 58.5 Å². The fraction of sp³-hybridized carbons (Fsp3) is 0.235. The Kier molecular flexibility index (Phi) is 3.73. The number of amides is 2. The van der Waals surface area contributed by atoms with Crippen LogP contribution in [0.4, 0.5) is 0 Å². The summed E-state index contributed by atoms with van der Waals surface area (Å²) in [5, 5.41) is 0. The zero-order valence-corrected chi connectivity index (χ0v) is 12.8. The minimum Gasteiger partial charge on any atom is -0.466 e. The number of imide groups is 1. The summed E-state index contributed by atoms with van der Waals surface area (Å²) >= 11 is 0. The Bertz CT molecular complexity index is 770. The normalized spacial score (nSPS) is 13.4. The molecule has 2 amide bonds. The van der Waals surface area contributed by atoms with Crippen molar-refractivity contribution in [1.82, 2.24) is 4.90 Å². The van der Waals surface area contributed by atoms with Crippen molar-refractivity contribution in [2.75, 3.05) is 13.2 Å². The van der Waals surface area contributed by atoms with Gasteiger partial charge in [-0.05, 0) is 32.0 Å². The van der Waals surface area contributed by atoms with Gasteiger partial charge in [-0.2, -0.15) is 0 Å². The molecule has 0 radical (unpaired) electrons. The summed E-state index contributed by atoms with van der Waals surface area (Å²) in [4.78, 5) is 37.4. The first-order chi connectivity index (χ1) is 11.0. The predicted molar refractivity (Wildman–Crippen MR) is 80.3 cm³/mol. The first-order valence-corrected chi connectivity index (χ1v) is 7.18. The number of nitrogens with zero attached hydrogens (tertiary/aromatic N) is 1. The fourth-order valence-corrected chi connectivity index (χ4v) is 2.58. The van der Waals surface area contributed by atoms with E-state index in [1.807, 2.05) is 0 Å². The second kappa shape index (κ2) is 5.72. The maximum Gasteiger partial charge on any atom is 0.341 e. The molecule has 6 heteroatoms. The molecule has 1 aromatic heterocycles. The van der Waals surface area contributed by atoms with Crippen LogP contribution in [0, 0.1) is 13.8 Å². The number of ether oxygens (including phenoxy) is 1. The third-order valence-electron chi connectivity index (χ3n) is 3.69. The van der Waals surface area contributed by atoms with E-state index in [2.05, 4.69) is 0 Å². The summed E-state index contributed by atoms with van der Waals surface area (Å²) in [6.07, 6.45) is 0. The zero-order valence-electron chi connectivity index (χ0n) is 12.8. The van der Waals surface area contributed by atoms with E-state index >= 15 is 0 Å². The molecule has 0 saturated carbocycles. The number of furan rings is 1. The fourth-order valence-electron chi connectivity index (χ4n) is 2.58. The molecule has 0 atom stereocenters. The summed E-state index contributed by atoms with van der Waals surface area (Å²) < 4.78 is 10.4. The summed E-state index contributed by atoms with van der Waals surface area (Å²) in [6, 6.07) is 8.23. The summed E-state index contributed by atoms with van der Waals surface area (Å²) in [7, 11) is 0. The first-order valence-electron chi connectivity index (χ1n) is 7.18. The van der Waals surface area contributed by atoms with E-state index in [0.717, 1.165) is 4.90 Å². The average molecular weight is 313 g/mol. The Morgan fingerprint density at radius 3 is 2.26 bits per heavy atom. The number of benzene rings is 1. The van der Waals surface area contributed by atoms with Gasteiger partial charge in [0.05, 0.1) is 17.7 Å². The van der Waals surface area contributed by atoms with Crippen LogP contribution >= 0.6 is 0 Å². The van der Waals surface area contributed by atoms with Crippen molar-refractivity contribution < 1.29 is 23.5 Å². The van der Waals surface area contributed by atoms with Gasteiger partial charge < -0.3 is 9.15 Å². The minimum absolute atomic E-state index is 0.0218. The van der Waals surface area contributed by atoms with Gasteiger partial charge in [-0.1, -0.05) is 12.1 Å². The molecule has 0 aliphatic carbocycles. The van der Waals surface area contributed by atoms with Crippen LogP contribution in [0.25, 0.3) is 0 Å². The van der Waals surface area contributed by atoms with E-state index in [1.54, 1.807) is 44.2 Å². The monoisotopic (exact) mass is 313 g/mol. The Hall–Kier alpha value is -2.89. The molecule has 0 saturated heterocycles. The molecule has 3 rings (SSSR count).